The standard InChI is InChI=1S/C10H15BrN2O/c1-2-3-9(5-12)14-10-4-8(11)6-13-7-10/h4,6-7,9H,2-3,5,12H2,1H3. The molecule has 0 aromatic carbocycles. The molecule has 0 amide bonds. The molecule has 1 rings (SSSR count). The molecule has 0 saturated heterocycles. The van der Waals surface area contributed by atoms with Crippen molar-refractivity contribution in [3.05, 3.63) is 22.9 Å². The summed E-state index contributed by atoms with van der Waals surface area (Å²) in [4.78, 5) is 4.02. The van der Waals surface area contributed by atoms with E-state index in [1.807, 2.05) is 6.07 Å². The first-order valence-electron chi connectivity index (χ1n) is 4.73. The fourth-order valence-electron chi connectivity index (χ4n) is 1.20. The topological polar surface area (TPSA) is 48.1 Å². The highest BCUT2D eigenvalue weighted by atomic mass is 79.9. The van der Waals surface area contributed by atoms with Gasteiger partial charge in [0.1, 0.15) is 11.9 Å². The second kappa shape index (κ2) is 5.98. The average Bonchev–Trinajstić information content (AvgIpc) is 2.17. The maximum absolute atomic E-state index is 5.67. The van der Waals surface area contributed by atoms with Crippen molar-refractivity contribution in [1.82, 2.24) is 4.98 Å². The van der Waals surface area contributed by atoms with E-state index in [0.717, 1.165) is 23.1 Å². The van der Waals surface area contributed by atoms with Crippen LogP contribution in [-0.2, 0) is 0 Å². The molecule has 0 aliphatic heterocycles. The van der Waals surface area contributed by atoms with E-state index < -0.39 is 0 Å². The molecule has 0 fully saturated rings. The van der Waals surface area contributed by atoms with Crippen molar-refractivity contribution < 1.29 is 4.74 Å². The van der Waals surface area contributed by atoms with Gasteiger partial charge in [0, 0.05) is 17.2 Å². The normalized spacial score (nSPS) is 12.5. The van der Waals surface area contributed by atoms with Crippen molar-refractivity contribution in [3.8, 4) is 5.75 Å². The van der Waals surface area contributed by atoms with E-state index >= 15 is 0 Å². The van der Waals surface area contributed by atoms with Gasteiger partial charge in [0.05, 0.1) is 6.20 Å². The zero-order chi connectivity index (χ0) is 10.4. The van der Waals surface area contributed by atoms with Crippen LogP contribution in [0.25, 0.3) is 0 Å². The van der Waals surface area contributed by atoms with Gasteiger partial charge in [-0.05, 0) is 28.4 Å². The number of aromatic nitrogens is 1. The number of nitrogens with two attached hydrogens (primary N) is 1. The van der Waals surface area contributed by atoms with Crippen molar-refractivity contribution in [2.24, 2.45) is 5.73 Å². The molecule has 1 heterocycles. The van der Waals surface area contributed by atoms with Crippen LogP contribution in [0.1, 0.15) is 19.8 Å². The van der Waals surface area contributed by atoms with Crippen molar-refractivity contribution in [1.29, 1.82) is 0 Å². The Balaban J connectivity index is 2.57. The van der Waals surface area contributed by atoms with Gasteiger partial charge in [-0.2, -0.15) is 0 Å². The molecule has 0 aliphatic carbocycles. The summed E-state index contributed by atoms with van der Waals surface area (Å²) in [6, 6.07) is 1.89. The molecule has 0 aliphatic rings. The molecule has 3 nitrogen and oxygen atoms in total. The van der Waals surface area contributed by atoms with Gasteiger partial charge in [-0.25, -0.2) is 0 Å². The van der Waals surface area contributed by atoms with Crippen LogP contribution in [-0.4, -0.2) is 17.6 Å². The molecule has 1 atom stereocenters. The summed E-state index contributed by atoms with van der Waals surface area (Å²) < 4.78 is 6.59. The van der Waals surface area contributed by atoms with Crippen LogP contribution in [0.15, 0.2) is 22.9 Å². The minimum Gasteiger partial charge on any atom is -0.487 e. The third-order valence-electron chi connectivity index (χ3n) is 1.86. The summed E-state index contributed by atoms with van der Waals surface area (Å²) in [6.45, 7) is 2.66. The first kappa shape index (κ1) is 11.5. The molecule has 14 heavy (non-hydrogen) atoms. The highest BCUT2D eigenvalue weighted by Crippen LogP contribution is 2.17. The molecule has 1 unspecified atom stereocenters. The summed E-state index contributed by atoms with van der Waals surface area (Å²) in [7, 11) is 0. The van der Waals surface area contributed by atoms with E-state index in [0.29, 0.717) is 6.54 Å². The lowest BCUT2D eigenvalue weighted by atomic mass is 10.2. The molecule has 1 aromatic rings. The van der Waals surface area contributed by atoms with Crippen LogP contribution < -0.4 is 10.5 Å². The Kier molecular flexibility index (Phi) is 4.90. The highest BCUT2D eigenvalue weighted by molar-refractivity contribution is 9.10. The lowest BCUT2D eigenvalue weighted by Gasteiger charge is -2.16. The van der Waals surface area contributed by atoms with Crippen LogP contribution in [0.5, 0.6) is 5.75 Å². The fraction of sp³-hybridized carbons (Fsp3) is 0.500. The minimum atomic E-state index is 0.0936. The third-order valence-corrected chi connectivity index (χ3v) is 2.29. The molecule has 0 radical (unpaired) electrons. The van der Waals surface area contributed by atoms with Gasteiger partial charge in [-0.3, -0.25) is 4.98 Å². The zero-order valence-corrected chi connectivity index (χ0v) is 9.83. The lowest BCUT2D eigenvalue weighted by molar-refractivity contribution is 0.197. The smallest absolute Gasteiger partial charge is 0.139 e. The molecule has 0 bridgehead atoms. The van der Waals surface area contributed by atoms with Gasteiger partial charge in [0.25, 0.3) is 0 Å². The molecule has 78 valence electrons. The number of nitrogens with zero attached hydrogens (tertiary/aromatic N) is 1. The van der Waals surface area contributed by atoms with Crippen molar-refractivity contribution >= 4 is 15.9 Å². The summed E-state index contributed by atoms with van der Waals surface area (Å²) in [5.74, 6) is 0.767. The van der Waals surface area contributed by atoms with Crippen LogP contribution in [0.2, 0.25) is 0 Å². The number of hydrogen-bond donors (Lipinski definition) is 1. The Hall–Kier alpha value is -0.610. The van der Waals surface area contributed by atoms with E-state index in [-0.39, 0.29) is 6.10 Å². The number of halogens is 1. The Morgan fingerprint density at radius 2 is 2.36 bits per heavy atom. The Bertz CT molecular complexity index is 281. The van der Waals surface area contributed by atoms with Crippen LogP contribution in [0, 0.1) is 0 Å². The summed E-state index contributed by atoms with van der Waals surface area (Å²) in [6.07, 6.45) is 5.57. The second-order valence-corrected chi connectivity index (χ2v) is 4.02. The van der Waals surface area contributed by atoms with Gasteiger partial charge >= 0.3 is 0 Å². The van der Waals surface area contributed by atoms with E-state index in [1.54, 1.807) is 12.4 Å². The quantitative estimate of drug-likeness (QED) is 0.882. The van der Waals surface area contributed by atoms with Crippen LogP contribution in [0.4, 0.5) is 0 Å². The first-order valence-corrected chi connectivity index (χ1v) is 5.52. The highest BCUT2D eigenvalue weighted by Gasteiger charge is 2.07. The van der Waals surface area contributed by atoms with Crippen molar-refractivity contribution in [2.45, 2.75) is 25.9 Å². The number of hydrogen-bond acceptors (Lipinski definition) is 3. The molecular weight excluding hydrogens is 244 g/mol. The average molecular weight is 259 g/mol. The second-order valence-electron chi connectivity index (χ2n) is 3.10. The first-order chi connectivity index (χ1) is 6.76. The monoisotopic (exact) mass is 258 g/mol. The van der Waals surface area contributed by atoms with Crippen molar-refractivity contribution in [2.75, 3.05) is 6.54 Å². The number of ether oxygens (including phenoxy) is 1. The summed E-state index contributed by atoms with van der Waals surface area (Å²) in [5, 5.41) is 0. The van der Waals surface area contributed by atoms with Gasteiger partial charge in [-0.15, -0.1) is 0 Å². The Morgan fingerprint density at radius 1 is 1.57 bits per heavy atom. The largest absolute Gasteiger partial charge is 0.487 e. The van der Waals surface area contributed by atoms with E-state index in [9.17, 15) is 0 Å². The lowest BCUT2D eigenvalue weighted by Crippen LogP contribution is -2.26. The van der Waals surface area contributed by atoms with Gasteiger partial charge in [-0.1, -0.05) is 13.3 Å². The van der Waals surface area contributed by atoms with Gasteiger partial charge < -0.3 is 10.5 Å². The Morgan fingerprint density at radius 3 is 2.93 bits per heavy atom. The molecule has 1 aromatic heterocycles. The van der Waals surface area contributed by atoms with Gasteiger partial charge in [0.15, 0.2) is 0 Å². The van der Waals surface area contributed by atoms with Crippen LogP contribution in [0.3, 0.4) is 0 Å². The van der Waals surface area contributed by atoms with Crippen LogP contribution >= 0.6 is 15.9 Å². The maximum Gasteiger partial charge on any atom is 0.139 e. The predicted octanol–water partition coefficient (Wildman–Crippen LogP) is 2.35. The van der Waals surface area contributed by atoms with Crippen molar-refractivity contribution in [3.63, 3.8) is 0 Å². The maximum atomic E-state index is 5.67. The third kappa shape index (κ3) is 3.64. The van der Waals surface area contributed by atoms with E-state index in [1.165, 1.54) is 0 Å². The SMILES string of the molecule is CCCC(CN)Oc1cncc(Br)c1. The fourth-order valence-corrected chi connectivity index (χ4v) is 1.54. The Labute approximate surface area is 92.8 Å². The predicted molar refractivity (Wildman–Crippen MR) is 60.3 cm³/mol. The zero-order valence-electron chi connectivity index (χ0n) is 8.24. The molecule has 0 saturated carbocycles. The number of rotatable bonds is 5. The molecular formula is C10H15BrN2O. The molecule has 2 N–H and O–H groups in total. The summed E-state index contributed by atoms with van der Waals surface area (Å²) >= 11 is 3.34. The van der Waals surface area contributed by atoms with E-state index in [4.69, 9.17) is 10.5 Å². The molecule has 4 heteroatoms. The minimum absolute atomic E-state index is 0.0936. The molecule has 0 spiro atoms. The van der Waals surface area contributed by atoms with E-state index in [2.05, 4.69) is 27.8 Å². The summed E-state index contributed by atoms with van der Waals surface area (Å²) in [5.41, 5.74) is 5.59. The number of pyridine rings is 1. The van der Waals surface area contributed by atoms with Gasteiger partial charge in [0.2, 0.25) is 0 Å².